The van der Waals surface area contributed by atoms with E-state index in [1.54, 1.807) is 12.1 Å². The number of carbonyl (C=O) groups excluding carboxylic acids is 2. The van der Waals surface area contributed by atoms with E-state index in [0.29, 0.717) is 5.92 Å². The molecule has 1 aliphatic heterocycles. The molecule has 2 unspecified atom stereocenters. The molecule has 2 fully saturated rings. The Morgan fingerprint density at radius 2 is 1.88 bits per heavy atom. The molecule has 6 heteroatoms. The molecule has 130 valence electrons. The standard InChI is InChI=1S/C18H24FN3O2/c19-15-7-3-4-8-16(15)20-18(24)21-17(23)12-22-10-9-13-5-1-2-6-14(13)11-22/h3-4,7-8,13-14H,1-2,5-6,9-12H2,(H2,20,21,23,24). The Kier molecular flexibility index (Phi) is 5.45. The summed E-state index contributed by atoms with van der Waals surface area (Å²) < 4.78 is 13.5. The predicted molar refractivity (Wildman–Crippen MR) is 90.1 cm³/mol. The van der Waals surface area contributed by atoms with Crippen molar-refractivity contribution in [3.8, 4) is 0 Å². The van der Waals surface area contributed by atoms with Gasteiger partial charge in [0.25, 0.3) is 0 Å². The molecule has 1 saturated carbocycles. The lowest BCUT2D eigenvalue weighted by Gasteiger charge is -2.41. The first-order valence-electron chi connectivity index (χ1n) is 8.69. The highest BCUT2D eigenvalue weighted by atomic mass is 19.1. The van der Waals surface area contributed by atoms with Gasteiger partial charge in [-0.15, -0.1) is 0 Å². The second-order valence-electron chi connectivity index (χ2n) is 6.81. The van der Waals surface area contributed by atoms with Gasteiger partial charge in [0.2, 0.25) is 5.91 Å². The number of halogens is 1. The van der Waals surface area contributed by atoms with E-state index in [0.717, 1.165) is 25.4 Å². The van der Waals surface area contributed by atoms with Crippen molar-refractivity contribution >= 4 is 17.6 Å². The van der Waals surface area contributed by atoms with Crippen LogP contribution >= 0.6 is 0 Å². The first kappa shape index (κ1) is 16.9. The minimum atomic E-state index is -0.697. The molecular formula is C18H24FN3O2. The van der Waals surface area contributed by atoms with Crippen LogP contribution in [0.2, 0.25) is 0 Å². The normalized spacial score (nSPS) is 24.0. The van der Waals surface area contributed by atoms with Crippen molar-refractivity contribution in [2.75, 3.05) is 25.0 Å². The number of nitrogens with one attached hydrogen (secondary N) is 2. The van der Waals surface area contributed by atoms with Crippen molar-refractivity contribution in [3.05, 3.63) is 30.1 Å². The molecule has 0 radical (unpaired) electrons. The molecule has 1 aliphatic carbocycles. The zero-order chi connectivity index (χ0) is 16.9. The minimum Gasteiger partial charge on any atom is -0.305 e. The van der Waals surface area contributed by atoms with Crippen LogP contribution in [0.4, 0.5) is 14.9 Å². The molecule has 5 nitrogen and oxygen atoms in total. The van der Waals surface area contributed by atoms with Gasteiger partial charge >= 0.3 is 6.03 Å². The van der Waals surface area contributed by atoms with Gasteiger partial charge in [0.15, 0.2) is 0 Å². The molecule has 1 saturated heterocycles. The van der Waals surface area contributed by atoms with Crippen LogP contribution in [0.5, 0.6) is 0 Å². The van der Waals surface area contributed by atoms with E-state index in [2.05, 4.69) is 15.5 Å². The van der Waals surface area contributed by atoms with Gasteiger partial charge in [-0.1, -0.05) is 31.4 Å². The monoisotopic (exact) mass is 333 g/mol. The van der Waals surface area contributed by atoms with Gasteiger partial charge in [-0.3, -0.25) is 15.0 Å². The average Bonchev–Trinajstić information content (AvgIpc) is 2.56. The first-order chi connectivity index (χ1) is 11.6. The molecule has 2 N–H and O–H groups in total. The van der Waals surface area contributed by atoms with E-state index in [1.165, 1.54) is 37.8 Å². The second-order valence-corrected chi connectivity index (χ2v) is 6.81. The van der Waals surface area contributed by atoms with E-state index in [9.17, 15) is 14.0 Å². The van der Waals surface area contributed by atoms with E-state index in [1.807, 2.05) is 0 Å². The maximum atomic E-state index is 13.5. The van der Waals surface area contributed by atoms with Crippen LogP contribution < -0.4 is 10.6 Å². The molecule has 1 aromatic carbocycles. The highest BCUT2D eigenvalue weighted by molar-refractivity contribution is 6.01. The first-order valence-corrected chi connectivity index (χ1v) is 8.69. The van der Waals surface area contributed by atoms with Crippen LogP contribution in [-0.4, -0.2) is 36.5 Å². The summed E-state index contributed by atoms with van der Waals surface area (Å²) in [6.07, 6.45) is 6.32. The van der Waals surface area contributed by atoms with Gasteiger partial charge in [-0.25, -0.2) is 9.18 Å². The number of benzene rings is 1. The topological polar surface area (TPSA) is 61.4 Å². The smallest absolute Gasteiger partial charge is 0.305 e. The Morgan fingerprint density at radius 3 is 2.67 bits per heavy atom. The number of anilines is 1. The molecule has 24 heavy (non-hydrogen) atoms. The van der Waals surface area contributed by atoms with E-state index < -0.39 is 11.8 Å². The Balaban J connectivity index is 1.45. The largest absolute Gasteiger partial charge is 0.326 e. The van der Waals surface area contributed by atoms with E-state index in [4.69, 9.17) is 0 Å². The lowest BCUT2D eigenvalue weighted by molar-refractivity contribution is -0.121. The van der Waals surface area contributed by atoms with Crippen molar-refractivity contribution in [1.29, 1.82) is 0 Å². The van der Waals surface area contributed by atoms with Gasteiger partial charge in [-0.05, 0) is 43.4 Å². The maximum absolute atomic E-state index is 13.5. The number of hydrogen-bond donors (Lipinski definition) is 2. The number of urea groups is 1. The highest BCUT2D eigenvalue weighted by Gasteiger charge is 2.31. The van der Waals surface area contributed by atoms with Crippen LogP contribution in [0.3, 0.4) is 0 Å². The number of hydrogen-bond acceptors (Lipinski definition) is 3. The number of amides is 3. The van der Waals surface area contributed by atoms with Gasteiger partial charge in [-0.2, -0.15) is 0 Å². The van der Waals surface area contributed by atoms with Gasteiger partial charge in [0.1, 0.15) is 5.82 Å². The third-order valence-electron chi connectivity index (χ3n) is 5.12. The molecule has 1 aromatic rings. The van der Waals surface area contributed by atoms with Crippen LogP contribution in [0.1, 0.15) is 32.1 Å². The fourth-order valence-corrected chi connectivity index (χ4v) is 3.91. The summed E-state index contributed by atoms with van der Waals surface area (Å²) >= 11 is 0. The number of fused-ring (bicyclic) bond motifs is 1. The number of rotatable bonds is 3. The highest BCUT2D eigenvalue weighted by Crippen LogP contribution is 2.35. The summed E-state index contributed by atoms with van der Waals surface area (Å²) in [4.78, 5) is 26.0. The number of carbonyl (C=O) groups is 2. The molecule has 3 amide bonds. The summed E-state index contributed by atoms with van der Waals surface area (Å²) in [7, 11) is 0. The van der Waals surface area contributed by atoms with Crippen LogP contribution in [-0.2, 0) is 4.79 Å². The quantitative estimate of drug-likeness (QED) is 0.894. The Labute approximate surface area is 141 Å². The van der Waals surface area contributed by atoms with Crippen LogP contribution in [0.25, 0.3) is 0 Å². The number of imide groups is 1. The summed E-state index contributed by atoms with van der Waals surface area (Å²) in [5.41, 5.74) is 0.0609. The molecule has 3 rings (SSSR count). The molecule has 1 heterocycles. The summed E-state index contributed by atoms with van der Waals surface area (Å²) in [6, 6.07) is 5.17. The lowest BCUT2D eigenvalue weighted by Crippen LogP contribution is -2.47. The van der Waals surface area contributed by atoms with Crippen molar-refractivity contribution in [2.24, 2.45) is 11.8 Å². The zero-order valence-electron chi connectivity index (χ0n) is 13.8. The fourth-order valence-electron chi connectivity index (χ4n) is 3.91. The Morgan fingerprint density at radius 1 is 1.12 bits per heavy atom. The van der Waals surface area contributed by atoms with E-state index in [-0.39, 0.29) is 18.1 Å². The van der Waals surface area contributed by atoms with Gasteiger partial charge in [0, 0.05) is 6.54 Å². The number of piperidine rings is 1. The molecule has 2 atom stereocenters. The van der Waals surface area contributed by atoms with Crippen LogP contribution in [0.15, 0.2) is 24.3 Å². The van der Waals surface area contributed by atoms with Crippen molar-refractivity contribution in [2.45, 2.75) is 32.1 Å². The molecule has 0 bridgehead atoms. The summed E-state index contributed by atoms with van der Waals surface area (Å²) in [5, 5.41) is 4.64. The maximum Gasteiger partial charge on any atom is 0.326 e. The third-order valence-corrected chi connectivity index (χ3v) is 5.12. The van der Waals surface area contributed by atoms with Crippen molar-refractivity contribution in [3.63, 3.8) is 0 Å². The van der Waals surface area contributed by atoms with Gasteiger partial charge < -0.3 is 5.32 Å². The molecular weight excluding hydrogens is 309 g/mol. The Hall–Kier alpha value is -1.95. The zero-order valence-corrected chi connectivity index (χ0v) is 13.8. The molecule has 0 aromatic heterocycles. The summed E-state index contributed by atoms with van der Waals surface area (Å²) in [5.74, 6) is 0.618. The lowest BCUT2D eigenvalue weighted by atomic mass is 9.75. The van der Waals surface area contributed by atoms with Crippen LogP contribution in [0, 0.1) is 17.7 Å². The summed E-state index contributed by atoms with van der Waals surface area (Å²) in [6.45, 7) is 2.06. The third kappa shape index (κ3) is 4.32. The van der Waals surface area contributed by atoms with Crippen molar-refractivity contribution in [1.82, 2.24) is 10.2 Å². The predicted octanol–water partition coefficient (Wildman–Crippen LogP) is 2.99. The fraction of sp³-hybridized carbons (Fsp3) is 0.556. The van der Waals surface area contributed by atoms with E-state index >= 15 is 0 Å². The molecule has 0 spiro atoms. The second kappa shape index (κ2) is 7.75. The average molecular weight is 333 g/mol. The minimum absolute atomic E-state index is 0.0609. The number of likely N-dealkylation sites (tertiary alicyclic amines) is 1. The van der Waals surface area contributed by atoms with Gasteiger partial charge in [0.05, 0.1) is 12.2 Å². The number of nitrogens with zero attached hydrogens (tertiary/aromatic N) is 1. The Bertz CT molecular complexity index is 608. The SMILES string of the molecule is O=C(CN1CCC2CCCCC2C1)NC(=O)Nc1ccccc1F. The molecule has 2 aliphatic rings. The number of para-hydroxylation sites is 1. The van der Waals surface area contributed by atoms with Crippen molar-refractivity contribution < 1.29 is 14.0 Å².